The second-order valence-corrected chi connectivity index (χ2v) is 7.81. The van der Waals surface area contributed by atoms with Crippen molar-refractivity contribution in [3.05, 3.63) is 35.4 Å². The van der Waals surface area contributed by atoms with Gasteiger partial charge in [-0.15, -0.1) is 0 Å². The van der Waals surface area contributed by atoms with E-state index in [2.05, 4.69) is 5.32 Å². The van der Waals surface area contributed by atoms with Gasteiger partial charge >= 0.3 is 5.97 Å². The monoisotopic (exact) mass is 401 g/mol. The summed E-state index contributed by atoms with van der Waals surface area (Å²) in [6.07, 6.45) is -1.84. The molecule has 9 heteroatoms. The van der Waals surface area contributed by atoms with Crippen LogP contribution >= 0.6 is 8.46 Å². The highest BCUT2D eigenvalue weighted by Gasteiger charge is 2.49. The first-order chi connectivity index (χ1) is 12.8. The molecule has 0 aliphatic carbocycles. The maximum Gasteiger partial charge on any atom is 0.335 e. The number of benzene rings is 1. The molecule has 1 heterocycles. The summed E-state index contributed by atoms with van der Waals surface area (Å²) in [5, 5.41) is 21.7. The van der Waals surface area contributed by atoms with E-state index in [4.69, 9.17) is 14.2 Å². The number of aromatic carboxylic acids is 1. The number of morpholine rings is 1. The molecule has 27 heavy (non-hydrogen) atoms. The first-order valence-corrected chi connectivity index (χ1v) is 9.98. The Morgan fingerprint density at radius 3 is 2.59 bits per heavy atom. The van der Waals surface area contributed by atoms with Gasteiger partial charge in [0.15, 0.2) is 11.6 Å². The van der Waals surface area contributed by atoms with Crippen LogP contribution in [0.15, 0.2) is 24.3 Å². The van der Waals surface area contributed by atoms with E-state index in [1.165, 1.54) is 6.07 Å². The molecule has 1 aliphatic heterocycles. The molecule has 0 aromatic heterocycles. The first-order valence-electron chi connectivity index (χ1n) is 8.93. The third-order valence-corrected chi connectivity index (χ3v) is 5.74. The summed E-state index contributed by atoms with van der Waals surface area (Å²) in [6, 6.07) is 6.61. The van der Waals surface area contributed by atoms with Crippen molar-refractivity contribution in [3.63, 3.8) is 0 Å². The molecule has 0 amide bonds. The van der Waals surface area contributed by atoms with Crippen LogP contribution in [0.4, 0.5) is 0 Å². The molecule has 152 valence electrons. The number of rotatable bonds is 9. The molecule has 2 rings (SSSR count). The Morgan fingerprint density at radius 1 is 1.44 bits per heavy atom. The van der Waals surface area contributed by atoms with Gasteiger partial charge in [-0.2, -0.15) is 0 Å². The largest absolute Gasteiger partial charge is 0.478 e. The number of nitrogens with one attached hydrogen (secondary N) is 1. The number of aliphatic hydroxyl groups is 1. The van der Waals surface area contributed by atoms with Crippen LogP contribution in [-0.4, -0.2) is 60.3 Å². The van der Waals surface area contributed by atoms with E-state index in [1.54, 1.807) is 26.0 Å². The Labute approximate surface area is 160 Å². The van der Waals surface area contributed by atoms with Gasteiger partial charge in [0.1, 0.15) is 14.6 Å². The molecule has 2 unspecified atom stereocenters. The van der Waals surface area contributed by atoms with Crippen LogP contribution in [0, 0.1) is 0 Å². The zero-order valence-corrected chi connectivity index (χ0v) is 17.0. The number of carboxylic acid groups (broad SMARTS) is 1. The van der Waals surface area contributed by atoms with E-state index in [9.17, 15) is 19.6 Å². The molecule has 1 aromatic carbocycles. The topological polar surface area (TPSA) is 114 Å². The molecular formula is C18H28NO7P. The zero-order chi connectivity index (χ0) is 20.1. The summed E-state index contributed by atoms with van der Waals surface area (Å²) in [6.45, 7) is 6.37. The molecule has 1 fully saturated rings. The highest BCUT2D eigenvalue weighted by molar-refractivity contribution is 7.25. The fourth-order valence-electron chi connectivity index (χ4n) is 3.07. The van der Waals surface area contributed by atoms with Crippen LogP contribution in [0.3, 0.4) is 0 Å². The SMILES string of the molecule is CCOC(OCC)C(O)([PH2]=O)[C@H]1CN[C@](C)(c2cccc(C(=O)O)c2)CO1. The molecule has 0 spiro atoms. The van der Waals surface area contributed by atoms with Crippen LogP contribution in [0.1, 0.15) is 36.7 Å². The molecule has 0 saturated carbocycles. The van der Waals surface area contributed by atoms with Gasteiger partial charge in [-0.3, -0.25) is 0 Å². The van der Waals surface area contributed by atoms with E-state index in [1.807, 2.05) is 13.0 Å². The number of hydrogen-bond acceptors (Lipinski definition) is 7. The average molecular weight is 401 g/mol. The second kappa shape index (κ2) is 9.28. The lowest BCUT2D eigenvalue weighted by molar-refractivity contribution is -0.241. The molecule has 0 bridgehead atoms. The summed E-state index contributed by atoms with van der Waals surface area (Å²) in [5.41, 5.74) is 0.296. The van der Waals surface area contributed by atoms with Crippen molar-refractivity contribution in [1.82, 2.24) is 5.32 Å². The number of ether oxygens (including phenoxy) is 3. The standard InChI is InChI=1S/C18H28NO7P/c1-4-24-16(25-5-2)18(22,27-23)14-10-19-17(3,11-26-14)13-8-6-7-12(9-13)15(20)21/h6-9,14,16,19,22H,4-5,10-11,27H2,1-3H3,(H,20,21)/t14-,17+,18?/m1/s1. The highest BCUT2D eigenvalue weighted by Crippen LogP contribution is 2.36. The molecular weight excluding hydrogens is 373 g/mol. The van der Waals surface area contributed by atoms with Crippen molar-refractivity contribution < 1.29 is 33.8 Å². The van der Waals surface area contributed by atoms with Crippen LogP contribution < -0.4 is 5.32 Å². The summed E-state index contributed by atoms with van der Waals surface area (Å²) in [7, 11) is -1.66. The average Bonchev–Trinajstić information content (AvgIpc) is 2.68. The molecule has 0 radical (unpaired) electrons. The Bertz CT molecular complexity index is 657. The van der Waals surface area contributed by atoms with E-state index in [0.29, 0.717) is 13.2 Å². The van der Waals surface area contributed by atoms with Gasteiger partial charge < -0.3 is 34.3 Å². The minimum atomic E-state index is -1.76. The quantitative estimate of drug-likeness (QED) is 0.421. The van der Waals surface area contributed by atoms with Gasteiger partial charge in [0, 0.05) is 19.8 Å². The molecule has 1 saturated heterocycles. The molecule has 1 aromatic rings. The van der Waals surface area contributed by atoms with Crippen molar-refractivity contribution in [3.8, 4) is 0 Å². The predicted molar refractivity (Wildman–Crippen MR) is 101 cm³/mol. The lowest BCUT2D eigenvalue weighted by Crippen LogP contribution is -2.62. The normalized spacial score (nSPS) is 25.7. The summed E-state index contributed by atoms with van der Waals surface area (Å²) < 4.78 is 28.7. The first kappa shape index (κ1) is 22.0. The van der Waals surface area contributed by atoms with Gasteiger partial charge in [-0.1, -0.05) is 12.1 Å². The van der Waals surface area contributed by atoms with E-state index < -0.39 is 37.7 Å². The molecule has 8 nitrogen and oxygen atoms in total. The summed E-state index contributed by atoms with van der Waals surface area (Å²) in [5.74, 6) is -1.00. The Morgan fingerprint density at radius 2 is 2.11 bits per heavy atom. The van der Waals surface area contributed by atoms with Crippen LogP contribution in [0.2, 0.25) is 0 Å². The van der Waals surface area contributed by atoms with Crippen molar-refractivity contribution in [1.29, 1.82) is 0 Å². The van der Waals surface area contributed by atoms with Crippen molar-refractivity contribution in [2.24, 2.45) is 0 Å². The molecule has 1 aliphatic rings. The minimum absolute atomic E-state index is 0.160. The van der Waals surface area contributed by atoms with Crippen molar-refractivity contribution >= 4 is 14.4 Å². The molecule has 4 atom stereocenters. The second-order valence-electron chi connectivity index (χ2n) is 6.65. The Hall–Kier alpha value is -1.28. The van der Waals surface area contributed by atoms with E-state index in [0.717, 1.165) is 5.56 Å². The maximum absolute atomic E-state index is 11.9. The summed E-state index contributed by atoms with van der Waals surface area (Å²) >= 11 is 0. The van der Waals surface area contributed by atoms with Gasteiger partial charge in [0.25, 0.3) is 0 Å². The van der Waals surface area contributed by atoms with Gasteiger partial charge in [-0.05, 0) is 38.5 Å². The van der Waals surface area contributed by atoms with Crippen LogP contribution in [-0.2, 0) is 24.3 Å². The lowest BCUT2D eigenvalue weighted by atomic mass is 9.89. The van der Waals surface area contributed by atoms with Crippen LogP contribution in [0.5, 0.6) is 0 Å². The number of hydrogen-bond donors (Lipinski definition) is 3. The van der Waals surface area contributed by atoms with Crippen LogP contribution in [0.25, 0.3) is 0 Å². The van der Waals surface area contributed by atoms with E-state index >= 15 is 0 Å². The fraction of sp³-hybridized carbons (Fsp3) is 0.611. The predicted octanol–water partition coefficient (Wildman–Crippen LogP) is 1.43. The van der Waals surface area contributed by atoms with Gasteiger partial charge in [-0.25, -0.2) is 4.79 Å². The van der Waals surface area contributed by atoms with E-state index in [-0.39, 0.29) is 18.7 Å². The third-order valence-electron chi connectivity index (χ3n) is 4.72. The fourth-order valence-corrected chi connectivity index (χ4v) is 3.74. The zero-order valence-electron chi connectivity index (χ0n) is 15.8. The highest BCUT2D eigenvalue weighted by atomic mass is 31.1. The Balaban J connectivity index is 2.17. The molecule has 3 N–H and O–H groups in total. The minimum Gasteiger partial charge on any atom is -0.478 e. The van der Waals surface area contributed by atoms with Crippen molar-refractivity contribution in [2.45, 2.75) is 44.0 Å². The smallest absolute Gasteiger partial charge is 0.335 e. The number of carboxylic acids is 1. The number of carbonyl (C=O) groups is 1. The summed E-state index contributed by atoms with van der Waals surface area (Å²) in [4.78, 5) is 11.2. The third kappa shape index (κ3) is 4.77. The lowest BCUT2D eigenvalue weighted by Gasteiger charge is -2.45. The van der Waals surface area contributed by atoms with Gasteiger partial charge in [0.2, 0.25) is 0 Å². The van der Waals surface area contributed by atoms with Crippen molar-refractivity contribution in [2.75, 3.05) is 26.4 Å². The Kier molecular flexibility index (Phi) is 7.56. The van der Waals surface area contributed by atoms with Gasteiger partial charge in [0.05, 0.1) is 17.7 Å². The maximum atomic E-state index is 11.9.